The zero-order chi connectivity index (χ0) is 15.5. The van der Waals surface area contributed by atoms with Gasteiger partial charge in [0.2, 0.25) is 15.9 Å². The summed E-state index contributed by atoms with van der Waals surface area (Å²) in [5.41, 5.74) is 0.569. The van der Waals surface area contributed by atoms with Crippen LogP contribution in [0, 0.1) is 0 Å². The van der Waals surface area contributed by atoms with Gasteiger partial charge in [0.25, 0.3) is 5.91 Å². The van der Waals surface area contributed by atoms with E-state index in [2.05, 4.69) is 5.32 Å². The molecule has 21 heavy (non-hydrogen) atoms. The van der Waals surface area contributed by atoms with Gasteiger partial charge in [0.1, 0.15) is 0 Å². The smallest absolute Gasteiger partial charge is 0.251 e. The molecule has 1 heterocycles. The highest BCUT2D eigenvalue weighted by Crippen LogP contribution is 2.25. The molecule has 2 amide bonds. The summed E-state index contributed by atoms with van der Waals surface area (Å²) < 4.78 is 24.5. The van der Waals surface area contributed by atoms with Crippen LogP contribution in [0.2, 0.25) is 0 Å². The van der Waals surface area contributed by atoms with Gasteiger partial charge in [0, 0.05) is 18.5 Å². The number of amides is 2. The molecule has 114 valence electrons. The lowest BCUT2D eigenvalue weighted by molar-refractivity contribution is -0.116. The van der Waals surface area contributed by atoms with Crippen LogP contribution in [0.1, 0.15) is 36.5 Å². The van der Waals surface area contributed by atoms with Gasteiger partial charge < -0.3 is 5.32 Å². The Kier molecular flexibility index (Phi) is 4.62. The Labute approximate surface area is 124 Å². The van der Waals surface area contributed by atoms with Gasteiger partial charge in [-0.05, 0) is 24.6 Å². The van der Waals surface area contributed by atoms with Crippen molar-refractivity contribution in [1.82, 2.24) is 5.32 Å². The van der Waals surface area contributed by atoms with E-state index in [9.17, 15) is 18.0 Å². The predicted octanol–water partition coefficient (Wildman–Crippen LogP) is 1.28. The Morgan fingerprint density at radius 3 is 2.76 bits per heavy atom. The van der Waals surface area contributed by atoms with E-state index in [0.29, 0.717) is 12.1 Å². The molecule has 1 aliphatic heterocycles. The largest absolute Gasteiger partial charge is 0.352 e. The van der Waals surface area contributed by atoms with Crippen molar-refractivity contribution >= 4 is 27.5 Å². The number of carbonyl (C=O) groups excluding carboxylic acids is 2. The maximum absolute atomic E-state index is 12.0. The maximum atomic E-state index is 12.0. The zero-order valence-electron chi connectivity index (χ0n) is 11.8. The predicted molar refractivity (Wildman–Crippen MR) is 79.6 cm³/mol. The van der Waals surface area contributed by atoms with E-state index in [4.69, 9.17) is 0 Å². The van der Waals surface area contributed by atoms with Crippen LogP contribution in [-0.4, -0.2) is 32.5 Å². The molecular formula is C14H18N2O4S. The van der Waals surface area contributed by atoms with Crippen molar-refractivity contribution in [2.75, 3.05) is 16.6 Å². The van der Waals surface area contributed by atoms with Crippen molar-refractivity contribution in [3.8, 4) is 0 Å². The fourth-order valence-electron chi connectivity index (χ4n) is 2.12. The van der Waals surface area contributed by atoms with Gasteiger partial charge in [0.15, 0.2) is 0 Å². The minimum Gasteiger partial charge on any atom is -0.352 e. The molecule has 0 saturated carbocycles. The molecule has 1 fully saturated rings. The maximum Gasteiger partial charge on any atom is 0.251 e. The van der Waals surface area contributed by atoms with Crippen molar-refractivity contribution in [1.29, 1.82) is 0 Å². The van der Waals surface area contributed by atoms with Crippen molar-refractivity contribution in [2.24, 2.45) is 0 Å². The molecule has 0 spiro atoms. The first kappa shape index (κ1) is 15.5. The normalized spacial score (nSPS) is 17.0. The second kappa shape index (κ2) is 6.26. The van der Waals surface area contributed by atoms with Crippen molar-refractivity contribution in [3.63, 3.8) is 0 Å². The first-order valence-electron chi connectivity index (χ1n) is 6.90. The summed E-state index contributed by atoms with van der Waals surface area (Å²) >= 11 is 0. The highest BCUT2D eigenvalue weighted by Gasteiger charge is 2.36. The van der Waals surface area contributed by atoms with Gasteiger partial charge in [-0.3, -0.25) is 9.59 Å². The van der Waals surface area contributed by atoms with Gasteiger partial charge in [-0.1, -0.05) is 19.4 Å². The summed E-state index contributed by atoms with van der Waals surface area (Å²) in [6.07, 6.45) is 1.83. The first-order chi connectivity index (χ1) is 9.95. The third-order valence-corrected chi connectivity index (χ3v) is 4.93. The summed E-state index contributed by atoms with van der Waals surface area (Å²) in [6, 6.07) is 6.12. The van der Waals surface area contributed by atoms with E-state index >= 15 is 0 Å². The lowest BCUT2D eigenvalue weighted by Gasteiger charge is -2.15. The van der Waals surface area contributed by atoms with Gasteiger partial charge in [-0.25, -0.2) is 12.7 Å². The summed E-state index contributed by atoms with van der Waals surface area (Å²) in [4.78, 5) is 23.7. The molecule has 1 aromatic rings. The van der Waals surface area contributed by atoms with Crippen molar-refractivity contribution < 1.29 is 18.0 Å². The number of nitrogens with one attached hydrogen (secondary N) is 1. The highest BCUT2D eigenvalue weighted by atomic mass is 32.2. The molecule has 1 saturated heterocycles. The SMILES string of the molecule is CCCCNC(=O)c1cccc(N2C(=O)CCS2(=O)=O)c1. The van der Waals surface area contributed by atoms with Gasteiger partial charge in [-0.15, -0.1) is 0 Å². The molecule has 1 N–H and O–H groups in total. The van der Waals surface area contributed by atoms with E-state index in [-0.39, 0.29) is 23.8 Å². The van der Waals surface area contributed by atoms with Crippen LogP contribution >= 0.6 is 0 Å². The number of hydrogen-bond donors (Lipinski definition) is 1. The zero-order valence-corrected chi connectivity index (χ0v) is 12.6. The van der Waals surface area contributed by atoms with Gasteiger partial charge >= 0.3 is 0 Å². The molecule has 0 radical (unpaired) electrons. The van der Waals surface area contributed by atoms with E-state index in [1.54, 1.807) is 12.1 Å². The number of carbonyl (C=O) groups is 2. The summed E-state index contributed by atoms with van der Waals surface area (Å²) in [7, 11) is -3.60. The summed E-state index contributed by atoms with van der Waals surface area (Å²) in [6.45, 7) is 2.59. The van der Waals surface area contributed by atoms with Crippen molar-refractivity contribution in [2.45, 2.75) is 26.2 Å². The van der Waals surface area contributed by atoms with Crippen LogP contribution in [0.15, 0.2) is 24.3 Å². The number of anilines is 1. The number of hydrogen-bond acceptors (Lipinski definition) is 4. The van der Waals surface area contributed by atoms with Crippen LogP contribution in [0.5, 0.6) is 0 Å². The quantitative estimate of drug-likeness (QED) is 0.831. The number of rotatable bonds is 5. The second-order valence-electron chi connectivity index (χ2n) is 4.88. The monoisotopic (exact) mass is 310 g/mol. The second-order valence-corrected chi connectivity index (χ2v) is 6.82. The molecule has 0 bridgehead atoms. The average molecular weight is 310 g/mol. The van der Waals surface area contributed by atoms with Gasteiger partial charge in [0.05, 0.1) is 11.4 Å². The van der Waals surface area contributed by atoms with Crippen LogP contribution in [0.25, 0.3) is 0 Å². The summed E-state index contributed by atoms with van der Waals surface area (Å²) in [5.74, 6) is -0.911. The Hall–Kier alpha value is -1.89. The molecule has 1 aromatic carbocycles. The fourth-order valence-corrected chi connectivity index (χ4v) is 3.57. The molecule has 0 unspecified atom stereocenters. The Morgan fingerprint density at radius 2 is 2.14 bits per heavy atom. The molecule has 7 heteroatoms. The van der Waals surface area contributed by atoms with Crippen molar-refractivity contribution in [3.05, 3.63) is 29.8 Å². The molecule has 0 atom stereocenters. The molecule has 0 aliphatic carbocycles. The Balaban J connectivity index is 2.22. The Morgan fingerprint density at radius 1 is 1.38 bits per heavy atom. The van der Waals surface area contributed by atoms with Crippen LogP contribution in [0.3, 0.4) is 0 Å². The number of sulfonamides is 1. The van der Waals surface area contributed by atoms with Crippen LogP contribution in [-0.2, 0) is 14.8 Å². The minimum atomic E-state index is -3.60. The van der Waals surface area contributed by atoms with Crippen LogP contribution in [0.4, 0.5) is 5.69 Å². The standard InChI is InChI=1S/C14H18N2O4S/c1-2-3-8-15-14(18)11-5-4-6-12(10-11)16-13(17)7-9-21(16,19)20/h4-6,10H,2-3,7-9H2,1H3,(H,15,18). The lowest BCUT2D eigenvalue weighted by atomic mass is 10.2. The Bertz CT molecular complexity index is 655. The third-order valence-electron chi connectivity index (χ3n) is 3.24. The average Bonchev–Trinajstić information content (AvgIpc) is 2.73. The molecule has 2 rings (SSSR count). The first-order valence-corrected chi connectivity index (χ1v) is 8.50. The molecule has 0 aromatic heterocycles. The minimum absolute atomic E-state index is 0.0186. The fraction of sp³-hybridized carbons (Fsp3) is 0.429. The van der Waals surface area contributed by atoms with E-state index in [1.165, 1.54) is 12.1 Å². The molecule has 6 nitrogen and oxygen atoms in total. The van der Waals surface area contributed by atoms with E-state index in [0.717, 1.165) is 17.1 Å². The highest BCUT2D eigenvalue weighted by molar-refractivity contribution is 7.94. The van der Waals surface area contributed by atoms with E-state index < -0.39 is 15.9 Å². The number of benzene rings is 1. The topological polar surface area (TPSA) is 83.6 Å². The van der Waals surface area contributed by atoms with Crippen LogP contribution < -0.4 is 9.62 Å². The summed E-state index contributed by atoms with van der Waals surface area (Å²) in [5, 5.41) is 2.76. The number of unbranched alkanes of at least 4 members (excludes halogenated alkanes) is 1. The number of nitrogens with zero attached hydrogens (tertiary/aromatic N) is 1. The molecular weight excluding hydrogens is 292 g/mol. The third kappa shape index (κ3) is 3.41. The van der Waals surface area contributed by atoms with E-state index in [1.807, 2.05) is 6.92 Å². The lowest BCUT2D eigenvalue weighted by Crippen LogP contribution is -2.30. The van der Waals surface area contributed by atoms with Gasteiger partial charge in [-0.2, -0.15) is 0 Å². The molecule has 1 aliphatic rings.